The Morgan fingerprint density at radius 2 is 1.79 bits per heavy atom. The van der Waals surface area contributed by atoms with Crippen LogP contribution in [-0.4, -0.2) is 24.0 Å². The summed E-state index contributed by atoms with van der Waals surface area (Å²) in [7, 11) is 0. The largest absolute Gasteiger partial charge is 0.325 e. The number of nitrogens with zero attached hydrogens (tertiary/aromatic N) is 1. The van der Waals surface area contributed by atoms with E-state index >= 15 is 0 Å². The highest BCUT2D eigenvalue weighted by molar-refractivity contribution is 5.89. The summed E-state index contributed by atoms with van der Waals surface area (Å²) >= 11 is 0. The topological polar surface area (TPSA) is 32.3 Å². The van der Waals surface area contributed by atoms with Gasteiger partial charge in [-0.2, -0.15) is 0 Å². The van der Waals surface area contributed by atoms with Crippen molar-refractivity contribution in [2.75, 3.05) is 18.4 Å². The third-order valence-corrected chi connectivity index (χ3v) is 1.85. The van der Waals surface area contributed by atoms with Gasteiger partial charge in [0.05, 0.1) is 0 Å². The molecular weight excluding hydrogens is 176 g/mol. The number of carbonyl (C=O) groups is 1. The van der Waals surface area contributed by atoms with Crippen molar-refractivity contribution in [3.63, 3.8) is 0 Å². The number of hydrogen-bond donors (Lipinski definition) is 1. The van der Waals surface area contributed by atoms with Crippen LogP contribution in [0.1, 0.15) is 0 Å². The number of para-hydroxylation sites is 1. The zero-order chi connectivity index (χ0) is 10.4. The molecule has 0 aliphatic carbocycles. The van der Waals surface area contributed by atoms with E-state index in [9.17, 15) is 4.79 Å². The summed E-state index contributed by atoms with van der Waals surface area (Å²) in [6.07, 6.45) is 0. The molecule has 2 amide bonds. The smallest absolute Gasteiger partial charge is 0.321 e. The van der Waals surface area contributed by atoms with Gasteiger partial charge >= 0.3 is 6.03 Å². The van der Waals surface area contributed by atoms with Crippen LogP contribution >= 0.6 is 0 Å². The molecular formula is C11H14N2O. The Labute approximate surface area is 84.7 Å². The fraction of sp³-hybridized carbons (Fsp3) is 0.182. The van der Waals surface area contributed by atoms with E-state index in [4.69, 9.17) is 0 Å². The molecule has 0 aliphatic heterocycles. The summed E-state index contributed by atoms with van der Waals surface area (Å²) in [5.74, 6) is 0. The van der Waals surface area contributed by atoms with Gasteiger partial charge in [0.25, 0.3) is 0 Å². The zero-order valence-electron chi connectivity index (χ0n) is 8.07. The molecule has 3 heteroatoms. The Bertz CT molecular complexity index is 281. The molecule has 1 rings (SSSR count). The number of nitrogens with one attached hydrogen (secondary N) is 1. The number of anilines is 1. The maximum absolute atomic E-state index is 11.5. The Balaban J connectivity index is 2.57. The van der Waals surface area contributed by atoms with Crippen molar-refractivity contribution in [3.05, 3.63) is 44.2 Å². The second-order valence-electron chi connectivity index (χ2n) is 2.78. The van der Waals surface area contributed by atoms with Crippen molar-refractivity contribution in [2.45, 2.75) is 0 Å². The van der Waals surface area contributed by atoms with Crippen LogP contribution in [0.2, 0.25) is 0 Å². The maximum Gasteiger partial charge on any atom is 0.321 e. The van der Waals surface area contributed by atoms with Gasteiger partial charge in [0.1, 0.15) is 0 Å². The SMILES string of the molecule is [CH2]CN(C[CH2])C(=O)Nc1ccccc1. The van der Waals surface area contributed by atoms with Gasteiger partial charge in [-0.1, -0.05) is 18.2 Å². The predicted octanol–water partition coefficient (Wildman–Crippen LogP) is 2.19. The van der Waals surface area contributed by atoms with Crippen LogP contribution in [0.3, 0.4) is 0 Å². The van der Waals surface area contributed by atoms with Crippen molar-refractivity contribution < 1.29 is 4.79 Å². The predicted molar refractivity (Wildman–Crippen MR) is 57.7 cm³/mol. The quantitative estimate of drug-likeness (QED) is 0.778. The molecule has 0 aromatic heterocycles. The molecule has 0 aliphatic rings. The van der Waals surface area contributed by atoms with Gasteiger partial charge in [-0.25, -0.2) is 4.79 Å². The Morgan fingerprint density at radius 1 is 1.21 bits per heavy atom. The van der Waals surface area contributed by atoms with Crippen LogP contribution in [0, 0.1) is 13.8 Å². The average molecular weight is 190 g/mol. The molecule has 0 saturated heterocycles. The highest BCUT2D eigenvalue weighted by atomic mass is 16.2. The van der Waals surface area contributed by atoms with Gasteiger partial charge < -0.3 is 10.2 Å². The van der Waals surface area contributed by atoms with Crippen LogP contribution in [0.25, 0.3) is 0 Å². The Hall–Kier alpha value is -1.51. The number of urea groups is 1. The summed E-state index contributed by atoms with van der Waals surface area (Å²) in [6, 6.07) is 9.14. The zero-order valence-corrected chi connectivity index (χ0v) is 8.07. The number of benzene rings is 1. The number of carbonyl (C=O) groups excluding carboxylic acids is 1. The lowest BCUT2D eigenvalue weighted by molar-refractivity contribution is 0.221. The van der Waals surface area contributed by atoms with Crippen molar-refractivity contribution >= 4 is 11.7 Å². The highest BCUT2D eigenvalue weighted by Gasteiger charge is 2.08. The first-order valence-electron chi connectivity index (χ1n) is 4.47. The molecule has 0 bridgehead atoms. The minimum atomic E-state index is -0.166. The van der Waals surface area contributed by atoms with Crippen molar-refractivity contribution in [1.82, 2.24) is 4.90 Å². The fourth-order valence-corrected chi connectivity index (χ4v) is 1.04. The molecule has 0 heterocycles. The first-order valence-corrected chi connectivity index (χ1v) is 4.47. The van der Waals surface area contributed by atoms with E-state index in [1.807, 2.05) is 30.3 Å². The third kappa shape index (κ3) is 2.76. The van der Waals surface area contributed by atoms with Gasteiger partial charge in [-0.3, -0.25) is 0 Å². The molecule has 0 spiro atoms. The normalized spacial score (nSPS) is 9.57. The summed E-state index contributed by atoms with van der Waals surface area (Å²) in [4.78, 5) is 13.0. The van der Waals surface area contributed by atoms with E-state index in [0.29, 0.717) is 13.1 Å². The number of rotatable bonds is 3. The van der Waals surface area contributed by atoms with E-state index in [1.165, 1.54) is 4.90 Å². The Morgan fingerprint density at radius 3 is 2.29 bits per heavy atom. The van der Waals surface area contributed by atoms with Crippen LogP contribution in [0.5, 0.6) is 0 Å². The van der Waals surface area contributed by atoms with Crippen LogP contribution in [0.15, 0.2) is 30.3 Å². The molecule has 0 unspecified atom stereocenters. The minimum absolute atomic E-state index is 0.166. The van der Waals surface area contributed by atoms with Crippen molar-refractivity contribution in [1.29, 1.82) is 0 Å². The van der Waals surface area contributed by atoms with E-state index in [1.54, 1.807) is 0 Å². The van der Waals surface area contributed by atoms with E-state index in [2.05, 4.69) is 19.2 Å². The van der Waals surface area contributed by atoms with Gasteiger partial charge in [0.2, 0.25) is 0 Å². The lowest BCUT2D eigenvalue weighted by atomic mass is 10.3. The van der Waals surface area contributed by atoms with E-state index in [0.717, 1.165) is 5.69 Å². The molecule has 74 valence electrons. The standard InChI is InChI=1S/C11H14N2O/c1-3-13(4-2)11(14)12-10-8-6-5-7-9-10/h5-9H,1-4H2,(H,12,14). The summed E-state index contributed by atoms with van der Waals surface area (Å²) < 4.78 is 0. The van der Waals surface area contributed by atoms with Crippen molar-refractivity contribution in [2.24, 2.45) is 0 Å². The van der Waals surface area contributed by atoms with Gasteiger partial charge in [0.15, 0.2) is 0 Å². The average Bonchev–Trinajstić information content (AvgIpc) is 2.21. The van der Waals surface area contributed by atoms with Gasteiger partial charge in [-0.15, -0.1) is 0 Å². The Kier molecular flexibility index (Phi) is 3.98. The van der Waals surface area contributed by atoms with Gasteiger partial charge in [0, 0.05) is 18.8 Å². The van der Waals surface area contributed by atoms with E-state index in [-0.39, 0.29) is 6.03 Å². The summed E-state index contributed by atoms with van der Waals surface area (Å²) in [6.45, 7) is 8.13. The molecule has 2 radical (unpaired) electrons. The lowest BCUT2D eigenvalue weighted by Crippen LogP contribution is -2.34. The van der Waals surface area contributed by atoms with Crippen LogP contribution < -0.4 is 5.32 Å². The van der Waals surface area contributed by atoms with Crippen LogP contribution in [-0.2, 0) is 0 Å². The highest BCUT2D eigenvalue weighted by Crippen LogP contribution is 2.06. The molecule has 14 heavy (non-hydrogen) atoms. The molecule has 0 fully saturated rings. The maximum atomic E-state index is 11.5. The second-order valence-corrected chi connectivity index (χ2v) is 2.78. The third-order valence-electron chi connectivity index (χ3n) is 1.85. The molecule has 0 saturated carbocycles. The first kappa shape index (κ1) is 10.6. The van der Waals surface area contributed by atoms with E-state index < -0.39 is 0 Å². The summed E-state index contributed by atoms with van der Waals surface area (Å²) in [5, 5.41) is 2.75. The first-order chi connectivity index (χ1) is 6.77. The molecule has 1 aromatic carbocycles. The minimum Gasteiger partial charge on any atom is -0.325 e. The monoisotopic (exact) mass is 190 g/mol. The fourth-order valence-electron chi connectivity index (χ4n) is 1.04. The van der Waals surface area contributed by atoms with Crippen molar-refractivity contribution in [3.8, 4) is 0 Å². The van der Waals surface area contributed by atoms with Crippen LogP contribution in [0.4, 0.5) is 10.5 Å². The molecule has 0 atom stereocenters. The lowest BCUT2D eigenvalue weighted by Gasteiger charge is -2.18. The second kappa shape index (κ2) is 5.27. The molecule has 1 aromatic rings. The number of hydrogen-bond acceptors (Lipinski definition) is 1. The molecule has 3 nitrogen and oxygen atoms in total. The number of amides is 2. The summed E-state index contributed by atoms with van der Waals surface area (Å²) in [5.41, 5.74) is 0.782. The molecule has 1 N–H and O–H groups in total. The van der Waals surface area contributed by atoms with Gasteiger partial charge in [-0.05, 0) is 26.0 Å².